The third kappa shape index (κ3) is 71.0. The quantitative estimate of drug-likeness (QED) is 0.0272. The lowest BCUT2D eigenvalue weighted by molar-refractivity contribution is -0.870. The van der Waals surface area contributed by atoms with Crippen molar-refractivity contribution in [2.24, 2.45) is 0 Å². The number of amides is 1. The highest BCUT2D eigenvalue weighted by Gasteiger charge is 2.23. The summed E-state index contributed by atoms with van der Waals surface area (Å²) in [5, 5.41) is 14.0. The molecule has 9 heteroatoms. The van der Waals surface area contributed by atoms with Crippen LogP contribution in [0, 0.1) is 0 Å². The van der Waals surface area contributed by atoms with Crippen LogP contribution in [0.4, 0.5) is 0 Å². The van der Waals surface area contributed by atoms with Crippen LogP contribution in [0.3, 0.4) is 0 Å². The topological polar surface area (TPSA) is 108 Å². The van der Waals surface area contributed by atoms with Crippen LogP contribution in [-0.2, 0) is 18.4 Å². The van der Waals surface area contributed by atoms with E-state index in [1.54, 1.807) is 6.08 Å². The Balaban J connectivity index is 4.01. The summed E-state index contributed by atoms with van der Waals surface area (Å²) >= 11 is 0. The fraction of sp³-hybridized carbons (Fsp3) is 0.808. The molecule has 0 aromatic heterocycles. The molecular weight excluding hydrogens is 1090 g/mol. The van der Waals surface area contributed by atoms with Gasteiger partial charge in [-0.05, 0) is 70.6 Å². The molecule has 0 spiro atoms. The molecule has 0 rings (SSSR count). The van der Waals surface area contributed by atoms with Crippen molar-refractivity contribution in [2.45, 2.75) is 366 Å². The molecule has 0 heterocycles. The number of aliphatic hydroxyl groups is 1. The normalized spacial score (nSPS) is 14.1. The van der Waals surface area contributed by atoms with Crippen molar-refractivity contribution in [3.05, 3.63) is 85.1 Å². The first-order valence-electron chi connectivity index (χ1n) is 37.4. The maximum absolute atomic E-state index is 13.1. The predicted molar refractivity (Wildman–Crippen MR) is 380 cm³/mol. The molecule has 508 valence electrons. The first-order valence-corrected chi connectivity index (χ1v) is 38.9. The average molecular weight is 1240 g/mol. The minimum Gasteiger partial charge on any atom is -0.756 e. The number of carbonyl (C=O) groups is 1. The molecule has 87 heavy (non-hydrogen) atoms. The summed E-state index contributed by atoms with van der Waals surface area (Å²) in [4.78, 5) is 25.7. The van der Waals surface area contributed by atoms with E-state index in [1.807, 2.05) is 27.2 Å². The van der Waals surface area contributed by atoms with Crippen LogP contribution in [0.25, 0.3) is 0 Å². The Morgan fingerprint density at radius 1 is 0.414 bits per heavy atom. The number of nitrogens with zero attached hydrogens (tertiary/aromatic N) is 1. The van der Waals surface area contributed by atoms with Gasteiger partial charge in [0.1, 0.15) is 13.2 Å². The van der Waals surface area contributed by atoms with E-state index in [1.165, 1.54) is 257 Å². The Hall–Kier alpha value is -2.32. The summed E-state index contributed by atoms with van der Waals surface area (Å²) < 4.78 is 23.5. The highest BCUT2D eigenvalue weighted by atomic mass is 31.2. The predicted octanol–water partition coefficient (Wildman–Crippen LogP) is 23.6. The van der Waals surface area contributed by atoms with Gasteiger partial charge in [0.05, 0.1) is 39.9 Å². The molecular formula is C78H145N2O6P. The number of aliphatic hydroxyl groups excluding tert-OH is 1. The third-order valence-corrected chi connectivity index (χ3v) is 17.8. The highest BCUT2D eigenvalue weighted by Crippen LogP contribution is 2.38. The van der Waals surface area contributed by atoms with Crippen LogP contribution in [0.5, 0.6) is 0 Å². The molecule has 0 fully saturated rings. The van der Waals surface area contributed by atoms with E-state index in [9.17, 15) is 19.4 Å². The monoisotopic (exact) mass is 1240 g/mol. The van der Waals surface area contributed by atoms with Crippen molar-refractivity contribution in [1.29, 1.82) is 0 Å². The Morgan fingerprint density at radius 2 is 0.701 bits per heavy atom. The number of nitrogens with one attached hydrogen (secondary N) is 1. The van der Waals surface area contributed by atoms with E-state index in [-0.39, 0.29) is 19.1 Å². The van der Waals surface area contributed by atoms with Crippen molar-refractivity contribution in [3.8, 4) is 0 Å². The number of unbranched alkanes of at least 4 members (excludes halogenated alkanes) is 44. The molecule has 0 radical (unpaired) electrons. The number of phosphoric ester groups is 1. The Labute approximate surface area is 541 Å². The molecule has 3 atom stereocenters. The summed E-state index contributed by atoms with van der Waals surface area (Å²) in [6.07, 6.45) is 97.2. The van der Waals surface area contributed by atoms with Gasteiger partial charge < -0.3 is 28.8 Å². The number of carbonyl (C=O) groups excluding carboxylic acids is 1. The largest absolute Gasteiger partial charge is 0.756 e. The van der Waals surface area contributed by atoms with E-state index in [2.05, 4.69) is 92.1 Å². The lowest BCUT2D eigenvalue weighted by Crippen LogP contribution is -2.45. The van der Waals surface area contributed by atoms with E-state index in [0.29, 0.717) is 17.4 Å². The number of rotatable bonds is 69. The molecule has 3 unspecified atom stereocenters. The van der Waals surface area contributed by atoms with Crippen molar-refractivity contribution in [2.75, 3.05) is 40.9 Å². The van der Waals surface area contributed by atoms with E-state index in [0.717, 1.165) is 77.0 Å². The lowest BCUT2D eigenvalue weighted by atomic mass is 10.0. The van der Waals surface area contributed by atoms with Gasteiger partial charge in [-0.15, -0.1) is 0 Å². The Morgan fingerprint density at radius 3 is 1.02 bits per heavy atom. The fourth-order valence-corrected chi connectivity index (χ4v) is 11.8. The van der Waals surface area contributed by atoms with Gasteiger partial charge in [0.15, 0.2) is 0 Å². The number of hydrogen-bond donors (Lipinski definition) is 2. The SMILES string of the molecule is CC/C=C\C/C=C\C/C=C\C/C=C\C/C=C\C/C=C\CCCCCCCCCCCCCCCCCCCCC(=O)NC(COP(=O)([O-])OCC[N+](C)(C)C)C(O)/C=C/CCCCCCCCCCCCCCCCCCCCCCCCCCCC. The zero-order valence-electron chi connectivity index (χ0n) is 58.2. The lowest BCUT2D eigenvalue weighted by Gasteiger charge is -2.29. The van der Waals surface area contributed by atoms with Crippen LogP contribution < -0.4 is 10.2 Å². The summed E-state index contributed by atoms with van der Waals surface area (Å²) in [5.41, 5.74) is 0. The van der Waals surface area contributed by atoms with Crippen LogP contribution in [-0.4, -0.2) is 68.5 Å². The van der Waals surface area contributed by atoms with E-state index >= 15 is 0 Å². The van der Waals surface area contributed by atoms with Crippen molar-refractivity contribution in [3.63, 3.8) is 0 Å². The second kappa shape index (κ2) is 68.1. The second-order valence-corrected chi connectivity index (χ2v) is 28.0. The summed E-state index contributed by atoms with van der Waals surface area (Å²) in [6, 6.07) is -0.891. The molecule has 8 nitrogen and oxygen atoms in total. The zero-order valence-corrected chi connectivity index (χ0v) is 59.1. The second-order valence-electron chi connectivity index (χ2n) is 26.6. The molecule has 0 saturated heterocycles. The van der Waals surface area contributed by atoms with Crippen LogP contribution >= 0.6 is 7.82 Å². The minimum absolute atomic E-state index is 0.00151. The van der Waals surface area contributed by atoms with Gasteiger partial charge in [0.25, 0.3) is 7.82 Å². The van der Waals surface area contributed by atoms with Crippen LogP contribution in [0.15, 0.2) is 85.1 Å². The van der Waals surface area contributed by atoms with Gasteiger partial charge in [-0.1, -0.05) is 362 Å². The Bertz CT molecular complexity index is 1700. The molecule has 2 N–H and O–H groups in total. The third-order valence-electron chi connectivity index (χ3n) is 16.9. The molecule has 0 aromatic rings. The average Bonchev–Trinajstić information content (AvgIpc) is 3.70. The molecule has 0 aliphatic carbocycles. The highest BCUT2D eigenvalue weighted by molar-refractivity contribution is 7.45. The maximum atomic E-state index is 13.1. The Kier molecular flexibility index (Phi) is 66.2. The van der Waals surface area contributed by atoms with Crippen LogP contribution in [0.1, 0.15) is 354 Å². The van der Waals surface area contributed by atoms with Gasteiger partial charge in [-0.2, -0.15) is 0 Å². The van der Waals surface area contributed by atoms with Gasteiger partial charge in [-0.3, -0.25) is 9.36 Å². The number of likely N-dealkylation sites (N-methyl/N-ethyl adjacent to an activating group) is 1. The molecule has 0 bridgehead atoms. The smallest absolute Gasteiger partial charge is 0.268 e. The van der Waals surface area contributed by atoms with Crippen LogP contribution in [0.2, 0.25) is 0 Å². The minimum atomic E-state index is -4.61. The van der Waals surface area contributed by atoms with Crippen molar-refractivity contribution >= 4 is 13.7 Å². The maximum Gasteiger partial charge on any atom is 0.268 e. The summed E-state index contributed by atoms with van der Waals surface area (Å²) in [6.45, 7) is 4.58. The summed E-state index contributed by atoms with van der Waals surface area (Å²) in [7, 11) is 1.27. The first kappa shape index (κ1) is 84.7. The molecule has 1 amide bonds. The standard InChI is InChI=1S/C78H145N2O6P/c1-6-8-10-12-14-16-18-20-22-24-26-28-30-32-34-36-37-38-39-40-41-42-43-44-46-48-50-52-54-56-58-60-62-64-66-68-70-72-78(82)79-76(75-86-87(83,84)85-74-73-80(3,4)5)77(81)71-69-67-65-63-61-59-57-55-53-51-49-47-45-35-33-31-29-27-25-23-21-19-17-15-13-11-9-7-2/h8,10,14,16,20,22,26,28,32,34,37-38,69,71,76-77,81H,6-7,9,11-13,15,17-19,21,23-25,27,29-31,33,35-36,39-68,70,72-75H2,1-5H3,(H-,79,82,83,84)/b10-8-,16-14-,22-20-,28-26-,34-32-,38-37-,71-69+. The number of quaternary nitrogens is 1. The first-order chi connectivity index (χ1) is 42.5. The summed E-state index contributed by atoms with van der Waals surface area (Å²) in [5.74, 6) is -0.193. The number of hydrogen-bond acceptors (Lipinski definition) is 6. The zero-order chi connectivity index (χ0) is 63.4. The van der Waals surface area contributed by atoms with Crippen molar-refractivity contribution < 1.29 is 32.9 Å². The van der Waals surface area contributed by atoms with Gasteiger partial charge >= 0.3 is 0 Å². The van der Waals surface area contributed by atoms with E-state index < -0.39 is 20.0 Å². The molecule has 0 aromatic carbocycles. The van der Waals surface area contributed by atoms with E-state index in [4.69, 9.17) is 9.05 Å². The molecule has 0 saturated carbocycles. The van der Waals surface area contributed by atoms with Gasteiger partial charge in [-0.25, -0.2) is 0 Å². The van der Waals surface area contributed by atoms with Gasteiger partial charge in [0, 0.05) is 6.42 Å². The molecule has 0 aliphatic rings. The number of allylic oxidation sites excluding steroid dienone is 13. The molecule has 0 aliphatic heterocycles. The van der Waals surface area contributed by atoms with Crippen molar-refractivity contribution in [1.82, 2.24) is 5.32 Å². The number of phosphoric acid groups is 1. The van der Waals surface area contributed by atoms with Gasteiger partial charge in [0.2, 0.25) is 5.91 Å². The fourth-order valence-electron chi connectivity index (χ4n) is 11.1.